The Balaban J connectivity index is 1.97. The van der Waals surface area contributed by atoms with E-state index in [0.29, 0.717) is 12.1 Å². The van der Waals surface area contributed by atoms with Crippen molar-refractivity contribution in [2.45, 2.75) is 45.2 Å². The normalized spacial score (nSPS) is 22.9. The minimum Gasteiger partial charge on any atom is -0.467 e. The first kappa shape index (κ1) is 10.5. The Morgan fingerprint density at radius 2 is 2.40 bits per heavy atom. The molecule has 0 aromatic carbocycles. The summed E-state index contributed by atoms with van der Waals surface area (Å²) in [5, 5.41) is 3.58. The van der Waals surface area contributed by atoms with E-state index in [2.05, 4.69) is 31.3 Å². The van der Waals surface area contributed by atoms with E-state index in [1.54, 1.807) is 6.26 Å². The summed E-state index contributed by atoms with van der Waals surface area (Å²) in [6, 6.07) is 2.83. The number of hydrogen-bond acceptors (Lipinski definition) is 2. The van der Waals surface area contributed by atoms with E-state index in [1.165, 1.54) is 24.8 Å². The summed E-state index contributed by atoms with van der Waals surface area (Å²) in [7, 11) is 0. The van der Waals surface area contributed by atoms with Gasteiger partial charge in [0.2, 0.25) is 0 Å². The van der Waals surface area contributed by atoms with Crippen molar-refractivity contribution in [3.63, 3.8) is 0 Å². The molecule has 0 saturated carbocycles. The third-order valence-electron chi connectivity index (χ3n) is 3.01. The highest BCUT2D eigenvalue weighted by molar-refractivity contribution is 5.18. The van der Waals surface area contributed by atoms with Gasteiger partial charge in [0.25, 0.3) is 0 Å². The van der Waals surface area contributed by atoms with Gasteiger partial charge in [0.15, 0.2) is 0 Å². The Bertz CT molecular complexity index is 340. The summed E-state index contributed by atoms with van der Waals surface area (Å²) >= 11 is 0. The van der Waals surface area contributed by atoms with E-state index in [-0.39, 0.29) is 0 Å². The van der Waals surface area contributed by atoms with E-state index in [0.717, 1.165) is 5.76 Å². The van der Waals surface area contributed by atoms with Gasteiger partial charge >= 0.3 is 0 Å². The van der Waals surface area contributed by atoms with Crippen LogP contribution >= 0.6 is 0 Å². The largest absolute Gasteiger partial charge is 0.467 e. The van der Waals surface area contributed by atoms with Crippen LogP contribution in [0.1, 0.15) is 43.6 Å². The molecule has 1 aromatic rings. The Labute approximate surface area is 91.4 Å². The van der Waals surface area contributed by atoms with Gasteiger partial charge in [-0.3, -0.25) is 0 Å². The zero-order valence-electron chi connectivity index (χ0n) is 9.49. The molecular weight excluding hydrogens is 186 g/mol. The lowest BCUT2D eigenvalue weighted by atomic mass is 10.0. The monoisotopic (exact) mass is 205 g/mol. The SMILES string of the molecule is Cc1ccoc1C(C)NC1C=CCCC1. The van der Waals surface area contributed by atoms with Crippen LogP contribution in [-0.4, -0.2) is 6.04 Å². The number of rotatable bonds is 3. The molecule has 1 N–H and O–H groups in total. The number of furan rings is 1. The lowest BCUT2D eigenvalue weighted by Crippen LogP contribution is -2.31. The van der Waals surface area contributed by atoms with Crippen LogP contribution in [0.15, 0.2) is 28.9 Å². The molecule has 2 atom stereocenters. The molecule has 1 aliphatic carbocycles. The van der Waals surface area contributed by atoms with Gasteiger partial charge < -0.3 is 9.73 Å². The first-order chi connectivity index (χ1) is 7.27. The van der Waals surface area contributed by atoms with E-state index < -0.39 is 0 Å². The molecule has 15 heavy (non-hydrogen) atoms. The minimum absolute atomic E-state index is 0.299. The van der Waals surface area contributed by atoms with Gasteiger partial charge in [0.05, 0.1) is 12.3 Å². The van der Waals surface area contributed by atoms with Crippen LogP contribution in [0.2, 0.25) is 0 Å². The highest BCUT2D eigenvalue weighted by Gasteiger charge is 2.16. The first-order valence-electron chi connectivity index (χ1n) is 5.74. The molecular formula is C13H19NO. The fourth-order valence-electron chi connectivity index (χ4n) is 2.18. The first-order valence-corrected chi connectivity index (χ1v) is 5.74. The van der Waals surface area contributed by atoms with Gasteiger partial charge in [-0.25, -0.2) is 0 Å². The Morgan fingerprint density at radius 3 is 3.00 bits per heavy atom. The Morgan fingerprint density at radius 1 is 1.53 bits per heavy atom. The fraction of sp³-hybridized carbons (Fsp3) is 0.538. The van der Waals surface area contributed by atoms with Gasteiger partial charge in [0.1, 0.15) is 5.76 Å². The summed E-state index contributed by atoms with van der Waals surface area (Å²) in [6.07, 6.45) is 10.1. The molecule has 0 saturated heterocycles. The highest BCUT2D eigenvalue weighted by atomic mass is 16.3. The molecule has 0 aliphatic heterocycles. The third kappa shape index (κ3) is 2.51. The van der Waals surface area contributed by atoms with Crippen LogP contribution in [0.4, 0.5) is 0 Å². The Hall–Kier alpha value is -1.02. The summed E-state index contributed by atoms with van der Waals surface area (Å²) in [4.78, 5) is 0. The quantitative estimate of drug-likeness (QED) is 0.765. The van der Waals surface area contributed by atoms with Crippen LogP contribution in [0, 0.1) is 6.92 Å². The molecule has 82 valence electrons. The molecule has 1 heterocycles. The molecule has 2 rings (SSSR count). The molecule has 0 bridgehead atoms. The van der Waals surface area contributed by atoms with Crippen LogP contribution in [-0.2, 0) is 0 Å². The van der Waals surface area contributed by atoms with Crippen LogP contribution in [0.3, 0.4) is 0 Å². The molecule has 2 heteroatoms. The Kier molecular flexibility index (Phi) is 3.27. The average molecular weight is 205 g/mol. The second-order valence-electron chi connectivity index (χ2n) is 4.32. The van der Waals surface area contributed by atoms with Crippen molar-refractivity contribution in [1.82, 2.24) is 5.32 Å². The standard InChI is InChI=1S/C13H19NO/c1-10-8-9-15-13(10)11(2)14-12-6-4-3-5-7-12/h4,6,8-9,11-12,14H,3,5,7H2,1-2H3. The molecule has 1 aliphatic rings. The van der Waals surface area contributed by atoms with Crippen molar-refractivity contribution in [1.29, 1.82) is 0 Å². The number of hydrogen-bond donors (Lipinski definition) is 1. The highest BCUT2D eigenvalue weighted by Crippen LogP contribution is 2.20. The minimum atomic E-state index is 0.299. The number of allylic oxidation sites excluding steroid dienone is 1. The lowest BCUT2D eigenvalue weighted by Gasteiger charge is -2.22. The lowest BCUT2D eigenvalue weighted by molar-refractivity contribution is 0.394. The molecule has 0 amide bonds. The van der Waals surface area contributed by atoms with Crippen LogP contribution in [0.25, 0.3) is 0 Å². The predicted molar refractivity (Wildman–Crippen MR) is 61.8 cm³/mol. The van der Waals surface area contributed by atoms with Crippen LogP contribution in [0.5, 0.6) is 0 Å². The van der Waals surface area contributed by atoms with Crippen molar-refractivity contribution in [2.24, 2.45) is 0 Å². The summed E-state index contributed by atoms with van der Waals surface area (Å²) < 4.78 is 5.48. The van der Waals surface area contributed by atoms with E-state index in [4.69, 9.17) is 4.42 Å². The molecule has 2 unspecified atom stereocenters. The maximum Gasteiger partial charge on any atom is 0.123 e. The van der Waals surface area contributed by atoms with Crippen molar-refractivity contribution in [3.05, 3.63) is 35.8 Å². The van der Waals surface area contributed by atoms with E-state index in [1.807, 2.05) is 6.07 Å². The van der Waals surface area contributed by atoms with Crippen molar-refractivity contribution < 1.29 is 4.42 Å². The molecule has 0 radical (unpaired) electrons. The van der Waals surface area contributed by atoms with Crippen LogP contribution < -0.4 is 5.32 Å². The van der Waals surface area contributed by atoms with Gasteiger partial charge in [-0.2, -0.15) is 0 Å². The third-order valence-corrected chi connectivity index (χ3v) is 3.01. The summed E-state index contributed by atoms with van der Waals surface area (Å²) in [5.41, 5.74) is 1.23. The molecule has 0 fully saturated rings. The number of aryl methyl sites for hydroxylation is 1. The molecule has 1 aromatic heterocycles. The van der Waals surface area contributed by atoms with Gasteiger partial charge in [0, 0.05) is 6.04 Å². The summed E-state index contributed by atoms with van der Waals surface area (Å²) in [6.45, 7) is 4.25. The molecule has 0 spiro atoms. The predicted octanol–water partition coefficient (Wildman–Crippen LogP) is 3.35. The topological polar surface area (TPSA) is 25.2 Å². The van der Waals surface area contributed by atoms with E-state index in [9.17, 15) is 0 Å². The second-order valence-corrected chi connectivity index (χ2v) is 4.32. The zero-order chi connectivity index (χ0) is 10.7. The smallest absolute Gasteiger partial charge is 0.123 e. The van der Waals surface area contributed by atoms with Crippen molar-refractivity contribution >= 4 is 0 Å². The zero-order valence-corrected chi connectivity index (χ0v) is 9.49. The second kappa shape index (κ2) is 4.67. The maximum atomic E-state index is 5.48. The maximum absolute atomic E-state index is 5.48. The fourth-order valence-corrected chi connectivity index (χ4v) is 2.18. The van der Waals surface area contributed by atoms with Crippen molar-refractivity contribution in [3.8, 4) is 0 Å². The molecule has 2 nitrogen and oxygen atoms in total. The van der Waals surface area contributed by atoms with Gasteiger partial charge in [-0.15, -0.1) is 0 Å². The van der Waals surface area contributed by atoms with Gasteiger partial charge in [-0.1, -0.05) is 12.2 Å². The summed E-state index contributed by atoms with van der Waals surface area (Å²) in [5.74, 6) is 1.06. The van der Waals surface area contributed by atoms with Crippen molar-refractivity contribution in [2.75, 3.05) is 0 Å². The number of nitrogens with one attached hydrogen (secondary N) is 1. The van der Waals surface area contributed by atoms with Gasteiger partial charge in [-0.05, 0) is 44.7 Å². The average Bonchev–Trinajstić information content (AvgIpc) is 2.66. The van der Waals surface area contributed by atoms with E-state index >= 15 is 0 Å².